The fourth-order valence-electron chi connectivity index (χ4n) is 1.92. The third-order valence-corrected chi connectivity index (χ3v) is 3.88. The van der Waals surface area contributed by atoms with E-state index in [9.17, 15) is 0 Å². The van der Waals surface area contributed by atoms with Crippen molar-refractivity contribution in [3.05, 3.63) is 34.3 Å². The van der Waals surface area contributed by atoms with Crippen LogP contribution in [0, 0.1) is 11.3 Å². The van der Waals surface area contributed by atoms with Gasteiger partial charge in [-0.15, -0.1) is 0 Å². The molecule has 0 radical (unpaired) electrons. The molecule has 0 aliphatic heterocycles. The standard InChI is InChI=1S/C15H24BrN/c1-15(2,3)9-8-12(11-17)10-13-6-4-5-7-14(13)16/h4-7,12H,8-11,17H2,1-3H3. The van der Waals surface area contributed by atoms with Gasteiger partial charge in [0, 0.05) is 4.47 Å². The summed E-state index contributed by atoms with van der Waals surface area (Å²) in [5.41, 5.74) is 7.66. The molecule has 2 heteroatoms. The number of halogens is 1. The minimum Gasteiger partial charge on any atom is -0.330 e. The van der Waals surface area contributed by atoms with E-state index in [-0.39, 0.29) is 0 Å². The molecule has 0 heterocycles. The minimum absolute atomic E-state index is 0.404. The quantitative estimate of drug-likeness (QED) is 0.857. The molecule has 0 spiro atoms. The topological polar surface area (TPSA) is 26.0 Å². The summed E-state index contributed by atoms with van der Waals surface area (Å²) in [6.45, 7) is 7.65. The Hall–Kier alpha value is -0.340. The smallest absolute Gasteiger partial charge is 0.0207 e. The molecule has 0 bridgehead atoms. The van der Waals surface area contributed by atoms with Gasteiger partial charge in [-0.1, -0.05) is 54.9 Å². The van der Waals surface area contributed by atoms with Crippen LogP contribution < -0.4 is 5.73 Å². The highest BCUT2D eigenvalue weighted by molar-refractivity contribution is 9.10. The normalized spacial score (nSPS) is 13.7. The second-order valence-electron chi connectivity index (χ2n) is 6.00. The van der Waals surface area contributed by atoms with Crippen LogP contribution in [0.25, 0.3) is 0 Å². The molecule has 0 aliphatic rings. The molecule has 0 aliphatic carbocycles. The third-order valence-electron chi connectivity index (χ3n) is 3.10. The van der Waals surface area contributed by atoms with Gasteiger partial charge in [0.25, 0.3) is 0 Å². The molecule has 1 atom stereocenters. The van der Waals surface area contributed by atoms with Gasteiger partial charge in [0.2, 0.25) is 0 Å². The number of benzene rings is 1. The molecular formula is C15H24BrN. The van der Waals surface area contributed by atoms with E-state index in [0.29, 0.717) is 11.3 Å². The lowest BCUT2D eigenvalue weighted by Gasteiger charge is -2.22. The highest BCUT2D eigenvalue weighted by Gasteiger charge is 2.15. The van der Waals surface area contributed by atoms with Crippen LogP contribution in [-0.4, -0.2) is 6.54 Å². The van der Waals surface area contributed by atoms with Crippen molar-refractivity contribution in [1.29, 1.82) is 0 Å². The Balaban J connectivity index is 2.56. The van der Waals surface area contributed by atoms with E-state index in [0.717, 1.165) is 13.0 Å². The van der Waals surface area contributed by atoms with Crippen LogP contribution in [0.2, 0.25) is 0 Å². The van der Waals surface area contributed by atoms with E-state index in [1.165, 1.54) is 22.9 Å². The molecule has 96 valence electrons. The van der Waals surface area contributed by atoms with E-state index < -0.39 is 0 Å². The molecule has 1 rings (SSSR count). The van der Waals surface area contributed by atoms with Gasteiger partial charge in [0.05, 0.1) is 0 Å². The lowest BCUT2D eigenvalue weighted by molar-refractivity contribution is 0.323. The maximum absolute atomic E-state index is 5.88. The molecule has 1 unspecified atom stereocenters. The first kappa shape index (κ1) is 14.7. The molecule has 2 N–H and O–H groups in total. The van der Waals surface area contributed by atoms with Crippen molar-refractivity contribution in [2.24, 2.45) is 17.1 Å². The maximum Gasteiger partial charge on any atom is 0.0207 e. The van der Waals surface area contributed by atoms with E-state index >= 15 is 0 Å². The van der Waals surface area contributed by atoms with Crippen LogP contribution in [0.4, 0.5) is 0 Å². The second-order valence-corrected chi connectivity index (χ2v) is 6.85. The maximum atomic E-state index is 5.88. The largest absolute Gasteiger partial charge is 0.330 e. The molecule has 0 aromatic heterocycles. The van der Waals surface area contributed by atoms with Crippen molar-refractivity contribution in [2.45, 2.75) is 40.0 Å². The van der Waals surface area contributed by atoms with Crippen LogP contribution in [0.5, 0.6) is 0 Å². The van der Waals surface area contributed by atoms with E-state index in [1.54, 1.807) is 0 Å². The van der Waals surface area contributed by atoms with Crippen molar-refractivity contribution in [2.75, 3.05) is 6.54 Å². The Morgan fingerprint density at radius 3 is 2.41 bits per heavy atom. The van der Waals surface area contributed by atoms with E-state index in [2.05, 4.69) is 61.0 Å². The Morgan fingerprint density at radius 1 is 1.24 bits per heavy atom. The number of hydrogen-bond acceptors (Lipinski definition) is 1. The van der Waals surface area contributed by atoms with Crippen molar-refractivity contribution in [1.82, 2.24) is 0 Å². The first-order chi connectivity index (χ1) is 7.92. The summed E-state index contributed by atoms with van der Waals surface area (Å²) in [7, 11) is 0. The van der Waals surface area contributed by atoms with Crippen molar-refractivity contribution in [3.63, 3.8) is 0 Å². The Labute approximate surface area is 114 Å². The average molecular weight is 298 g/mol. The first-order valence-corrected chi connectivity index (χ1v) is 7.15. The summed E-state index contributed by atoms with van der Waals surface area (Å²) in [6, 6.07) is 8.44. The van der Waals surface area contributed by atoms with E-state index in [4.69, 9.17) is 5.73 Å². The predicted octanol–water partition coefficient (Wildman–Crippen LogP) is 4.39. The molecule has 0 fully saturated rings. The highest BCUT2D eigenvalue weighted by atomic mass is 79.9. The molecule has 1 aromatic carbocycles. The summed E-state index contributed by atoms with van der Waals surface area (Å²) in [5, 5.41) is 0. The Bertz CT molecular complexity index is 341. The zero-order chi connectivity index (χ0) is 12.9. The van der Waals surface area contributed by atoms with Gasteiger partial charge >= 0.3 is 0 Å². The predicted molar refractivity (Wildman–Crippen MR) is 79.1 cm³/mol. The first-order valence-electron chi connectivity index (χ1n) is 6.36. The third kappa shape index (κ3) is 5.69. The van der Waals surface area contributed by atoms with Crippen LogP contribution in [-0.2, 0) is 6.42 Å². The van der Waals surface area contributed by atoms with Gasteiger partial charge in [-0.25, -0.2) is 0 Å². The average Bonchev–Trinajstić information content (AvgIpc) is 2.25. The lowest BCUT2D eigenvalue weighted by Crippen LogP contribution is -2.19. The zero-order valence-electron chi connectivity index (χ0n) is 11.2. The minimum atomic E-state index is 0.404. The molecule has 1 aromatic rings. The molecular weight excluding hydrogens is 274 g/mol. The molecule has 1 nitrogen and oxygen atoms in total. The van der Waals surface area contributed by atoms with Gasteiger partial charge in [-0.2, -0.15) is 0 Å². The summed E-state index contributed by atoms with van der Waals surface area (Å²) in [6.07, 6.45) is 3.52. The SMILES string of the molecule is CC(C)(C)CCC(CN)Cc1ccccc1Br. The Morgan fingerprint density at radius 2 is 1.88 bits per heavy atom. The van der Waals surface area contributed by atoms with Crippen LogP contribution in [0.1, 0.15) is 39.2 Å². The van der Waals surface area contributed by atoms with Gasteiger partial charge in [0.1, 0.15) is 0 Å². The molecule has 0 saturated carbocycles. The molecule has 0 amide bonds. The molecule has 0 saturated heterocycles. The van der Waals surface area contributed by atoms with Gasteiger partial charge in [0.15, 0.2) is 0 Å². The number of rotatable bonds is 5. The summed E-state index contributed by atoms with van der Waals surface area (Å²) >= 11 is 3.60. The summed E-state index contributed by atoms with van der Waals surface area (Å²) in [5.74, 6) is 0.591. The van der Waals surface area contributed by atoms with Gasteiger partial charge < -0.3 is 5.73 Å². The summed E-state index contributed by atoms with van der Waals surface area (Å²) in [4.78, 5) is 0. The van der Waals surface area contributed by atoms with Crippen molar-refractivity contribution >= 4 is 15.9 Å². The number of hydrogen-bond donors (Lipinski definition) is 1. The van der Waals surface area contributed by atoms with Gasteiger partial charge in [-0.05, 0) is 48.8 Å². The monoisotopic (exact) mass is 297 g/mol. The lowest BCUT2D eigenvalue weighted by atomic mass is 9.85. The fourth-order valence-corrected chi connectivity index (χ4v) is 2.36. The molecule has 17 heavy (non-hydrogen) atoms. The van der Waals surface area contributed by atoms with Crippen LogP contribution >= 0.6 is 15.9 Å². The summed E-state index contributed by atoms with van der Waals surface area (Å²) < 4.78 is 1.20. The Kier molecular flexibility index (Phi) is 5.68. The highest BCUT2D eigenvalue weighted by Crippen LogP contribution is 2.26. The second kappa shape index (κ2) is 6.55. The van der Waals surface area contributed by atoms with Gasteiger partial charge in [-0.3, -0.25) is 0 Å². The van der Waals surface area contributed by atoms with Crippen LogP contribution in [0.3, 0.4) is 0 Å². The van der Waals surface area contributed by atoms with Crippen molar-refractivity contribution < 1.29 is 0 Å². The zero-order valence-corrected chi connectivity index (χ0v) is 12.8. The number of nitrogens with two attached hydrogens (primary N) is 1. The fraction of sp³-hybridized carbons (Fsp3) is 0.600. The van der Waals surface area contributed by atoms with E-state index in [1.807, 2.05) is 0 Å². The van der Waals surface area contributed by atoms with Crippen LogP contribution in [0.15, 0.2) is 28.7 Å². The van der Waals surface area contributed by atoms with Crippen molar-refractivity contribution in [3.8, 4) is 0 Å².